The van der Waals surface area contributed by atoms with E-state index in [0.29, 0.717) is 13.0 Å². The van der Waals surface area contributed by atoms with Gasteiger partial charge in [0.1, 0.15) is 6.17 Å². The molecule has 1 aromatic heterocycles. The predicted octanol–water partition coefficient (Wildman–Crippen LogP) is 1.67. The maximum Gasteiger partial charge on any atom is 0.115 e. The van der Waals surface area contributed by atoms with Gasteiger partial charge in [-0.3, -0.25) is 4.98 Å². The molecule has 0 radical (unpaired) electrons. The first-order valence-electron chi connectivity index (χ1n) is 4.63. The molecule has 2 rings (SSSR count). The highest BCUT2D eigenvalue weighted by molar-refractivity contribution is 5.03. The Morgan fingerprint density at radius 1 is 1.46 bits per heavy atom. The Morgan fingerprint density at radius 2 is 2.38 bits per heavy atom. The molecule has 1 aliphatic carbocycles. The number of nitrogens with zero attached hydrogens (tertiary/aromatic N) is 1. The first kappa shape index (κ1) is 8.63. The third kappa shape index (κ3) is 2.04. The lowest BCUT2D eigenvalue weighted by atomic mass is 9.90. The fraction of sp³-hybridized carbons (Fsp3) is 0.500. The van der Waals surface area contributed by atoms with E-state index in [1.807, 2.05) is 18.2 Å². The van der Waals surface area contributed by atoms with Crippen LogP contribution < -0.4 is 5.32 Å². The van der Waals surface area contributed by atoms with Crippen molar-refractivity contribution in [3.05, 3.63) is 30.1 Å². The highest BCUT2D eigenvalue weighted by Crippen LogP contribution is 2.23. The van der Waals surface area contributed by atoms with Gasteiger partial charge in [-0.1, -0.05) is 6.07 Å². The molecule has 0 amide bonds. The number of aromatic nitrogens is 1. The minimum Gasteiger partial charge on any atom is -0.305 e. The molecule has 1 heterocycles. The van der Waals surface area contributed by atoms with Crippen LogP contribution in [0, 0.1) is 0 Å². The standard InChI is InChI=1S/C10H13FN2/c11-9-4-5-10(9)13-7-8-3-1-2-6-12-8/h1-3,6,9-10,13H,4-5,7H2. The summed E-state index contributed by atoms with van der Waals surface area (Å²) in [7, 11) is 0. The first-order valence-corrected chi connectivity index (χ1v) is 4.63. The summed E-state index contributed by atoms with van der Waals surface area (Å²) in [5, 5.41) is 3.15. The van der Waals surface area contributed by atoms with Crippen molar-refractivity contribution in [3.63, 3.8) is 0 Å². The number of hydrogen-bond donors (Lipinski definition) is 1. The van der Waals surface area contributed by atoms with Gasteiger partial charge >= 0.3 is 0 Å². The minimum absolute atomic E-state index is 0.0574. The average molecular weight is 180 g/mol. The fourth-order valence-corrected chi connectivity index (χ4v) is 1.43. The highest BCUT2D eigenvalue weighted by Gasteiger charge is 2.29. The van der Waals surface area contributed by atoms with E-state index in [4.69, 9.17) is 0 Å². The average Bonchev–Trinajstić information content (AvgIpc) is 2.17. The van der Waals surface area contributed by atoms with Crippen molar-refractivity contribution in [2.75, 3.05) is 0 Å². The molecule has 1 fully saturated rings. The van der Waals surface area contributed by atoms with Crippen molar-refractivity contribution in [3.8, 4) is 0 Å². The highest BCUT2D eigenvalue weighted by atomic mass is 19.1. The Labute approximate surface area is 77.2 Å². The monoisotopic (exact) mass is 180 g/mol. The summed E-state index contributed by atoms with van der Waals surface area (Å²) in [5.74, 6) is 0. The summed E-state index contributed by atoms with van der Waals surface area (Å²) in [6.07, 6.45) is 2.77. The van der Waals surface area contributed by atoms with Crippen LogP contribution in [0.5, 0.6) is 0 Å². The summed E-state index contributed by atoms with van der Waals surface area (Å²) in [6.45, 7) is 0.673. The van der Waals surface area contributed by atoms with Crippen LogP contribution in [0.4, 0.5) is 4.39 Å². The van der Waals surface area contributed by atoms with E-state index in [9.17, 15) is 4.39 Å². The van der Waals surface area contributed by atoms with Gasteiger partial charge in [-0.2, -0.15) is 0 Å². The van der Waals surface area contributed by atoms with Crippen LogP contribution in [0.15, 0.2) is 24.4 Å². The number of rotatable bonds is 3. The second-order valence-corrected chi connectivity index (χ2v) is 3.40. The van der Waals surface area contributed by atoms with Gasteiger partial charge in [0.25, 0.3) is 0 Å². The molecule has 70 valence electrons. The Bertz CT molecular complexity index is 263. The minimum atomic E-state index is -0.649. The van der Waals surface area contributed by atoms with E-state index >= 15 is 0 Å². The Hall–Kier alpha value is -0.960. The molecule has 2 unspecified atom stereocenters. The topological polar surface area (TPSA) is 24.9 Å². The molecule has 0 aromatic carbocycles. The summed E-state index contributed by atoms with van der Waals surface area (Å²) in [6, 6.07) is 5.82. The van der Waals surface area contributed by atoms with Crippen LogP contribution in [-0.4, -0.2) is 17.2 Å². The van der Waals surface area contributed by atoms with Crippen molar-refractivity contribution in [2.45, 2.75) is 31.6 Å². The van der Waals surface area contributed by atoms with Gasteiger partial charge < -0.3 is 5.32 Å². The van der Waals surface area contributed by atoms with Crippen molar-refractivity contribution < 1.29 is 4.39 Å². The van der Waals surface area contributed by atoms with Crippen molar-refractivity contribution >= 4 is 0 Å². The van der Waals surface area contributed by atoms with E-state index in [1.165, 1.54) is 0 Å². The van der Waals surface area contributed by atoms with Gasteiger partial charge in [0.15, 0.2) is 0 Å². The van der Waals surface area contributed by atoms with Gasteiger partial charge in [0.05, 0.1) is 5.69 Å². The predicted molar refractivity (Wildman–Crippen MR) is 49.0 cm³/mol. The zero-order valence-electron chi connectivity index (χ0n) is 7.41. The zero-order valence-corrected chi connectivity index (χ0v) is 7.41. The number of nitrogens with one attached hydrogen (secondary N) is 1. The number of pyridine rings is 1. The summed E-state index contributed by atoms with van der Waals surface area (Å²) in [5.41, 5.74) is 0.974. The third-order valence-electron chi connectivity index (χ3n) is 2.46. The molecule has 1 N–H and O–H groups in total. The molecule has 0 spiro atoms. The Balaban J connectivity index is 1.80. The summed E-state index contributed by atoms with van der Waals surface area (Å²) < 4.78 is 12.8. The fourth-order valence-electron chi connectivity index (χ4n) is 1.43. The first-order chi connectivity index (χ1) is 6.36. The van der Waals surface area contributed by atoms with Gasteiger partial charge in [0, 0.05) is 18.8 Å². The van der Waals surface area contributed by atoms with E-state index in [2.05, 4.69) is 10.3 Å². The van der Waals surface area contributed by atoms with Crippen molar-refractivity contribution in [2.24, 2.45) is 0 Å². The molecular weight excluding hydrogens is 167 g/mol. The van der Waals surface area contributed by atoms with E-state index in [1.54, 1.807) is 6.20 Å². The van der Waals surface area contributed by atoms with E-state index < -0.39 is 6.17 Å². The largest absolute Gasteiger partial charge is 0.305 e. The lowest BCUT2D eigenvalue weighted by Crippen LogP contribution is -2.45. The Kier molecular flexibility index (Phi) is 2.54. The van der Waals surface area contributed by atoms with Crippen LogP contribution in [0.25, 0.3) is 0 Å². The normalized spacial score (nSPS) is 26.8. The van der Waals surface area contributed by atoms with Crippen LogP contribution in [-0.2, 0) is 6.54 Å². The molecule has 0 aliphatic heterocycles. The second-order valence-electron chi connectivity index (χ2n) is 3.40. The van der Waals surface area contributed by atoms with Gasteiger partial charge in [-0.05, 0) is 25.0 Å². The quantitative estimate of drug-likeness (QED) is 0.765. The molecule has 1 saturated carbocycles. The van der Waals surface area contributed by atoms with Crippen molar-refractivity contribution in [1.82, 2.24) is 10.3 Å². The van der Waals surface area contributed by atoms with Crippen LogP contribution in [0.3, 0.4) is 0 Å². The molecule has 0 bridgehead atoms. The van der Waals surface area contributed by atoms with Crippen LogP contribution in [0.1, 0.15) is 18.5 Å². The zero-order chi connectivity index (χ0) is 9.10. The van der Waals surface area contributed by atoms with Crippen LogP contribution >= 0.6 is 0 Å². The van der Waals surface area contributed by atoms with Crippen molar-refractivity contribution in [1.29, 1.82) is 0 Å². The van der Waals surface area contributed by atoms with Crippen LogP contribution in [0.2, 0.25) is 0 Å². The smallest absolute Gasteiger partial charge is 0.115 e. The van der Waals surface area contributed by atoms with Gasteiger partial charge in [-0.15, -0.1) is 0 Å². The van der Waals surface area contributed by atoms with Gasteiger partial charge in [-0.25, -0.2) is 4.39 Å². The molecule has 13 heavy (non-hydrogen) atoms. The lowest BCUT2D eigenvalue weighted by molar-refractivity contribution is 0.141. The maximum absolute atomic E-state index is 12.8. The van der Waals surface area contributed by atoms with E-state index in [0.717, 1.165) is 12.1 Å². The molecule has 1 aromatic rings. The SMILES string of the molecule is FC1CCC1NCc1ccccn1. The molecule has 0 saturated heterocycles. The van der Waals surface area contributed by atoms with Gasteiger partial charge in [0.2, 0.25) is 0 Å². The number of alkyl halides is 1. The molecular formula is C10H13FN2. The third-order valence-corrected chi connectivity index (χ3v) is 2.46. The summed E-state index contributed by atoms with van der Waals surface area (Å²) >= 11 is 0. The number of halogens is 1. The molecule has 1 aliphatic rings. The summed E-state index contributed by atoms with van der Waals surface area (Å²) in [4.78, 5) is 4.15. The molecule has 2 atom stereocenters. The molecule has 2 nitrogen and oxygen atoms in total. The second kappa shape index (κ2) is 3.83. The number of hydrogen-bond acceptors (Lipinski definition) is 2. The molecule has 3 heteroatoms. The Morgan fingerprint density at radius 3 is 2.92 bits per heavy atom. The van der Waals surface area contributed by atoms with E-state index in [-0.39, 0.29) is 6.04 Å². The lowest BCUT2D eigenvalue weighted by Gasteiger charge is -2.31. The maximum atomic E-state index is 12.8.